The number of aliphatic carboxylic acids is 1. The summed E-state index contributed by atoms with van der Waals surface area (Å²) < 4.78 is 5.65. The van der Waals surface area contributed by atoms with E-state index in [4.69, 9.17) is 9.84 Å². The largest absolute Gasteiger partial charge is 0.481 e. The molecule has 0 aliphatic carbocycles. The van der Waals surface area contributed by atoms with E-state index in [1.165, 1.54) is 4.90 Å². The van der Waals surface area contributed by atoms with E-state index in [1.54, 1.807) is 32.0 Å². The molecule has 0 unspecified atom stereocenters. The monoisotopic (exact) mass is 279 g/mol. The lowest BCUT2D eigenvalue weighted by atomic mass is 10.0. The molecule has 1 aromatic rings. The summed E-state index contributed by atoms with van der Waals surface area (Å²) in [6.07, 6.45) is -0.148. The molecule has 108 valence electrons. The highest BCUT2D eigenvalue weighted by Gasteiger charge is 2.40. The first-order valence-electron chi connectivity index (χ1n) is 6.31. The van der Waals surface area contributed by atoms with Crippen molar-refractivity contribution >= 4 is 17.6 Å². The molecule has 6 heteroatoms. The Hall–Kier alpha value is -2.08. The Bertz CT molecular complexity index is 552. The predicted molar refractivity (Wildman–Crippen MR) is 71.7 cm³/mol. The molecule has 0 atom stereocenters. The third-order valence-electron chi connectivity index (χ3n) is 3.17. The summed E-state index contributed by atoms with van der Waals surface area (Å²) in [6, 6.07) is 5.03. The highest BCUT2D eigenvalue weighted by atomic mass is 16.5. The van der Waals surface area contributed by atoms with Crippen LogP contribution in [0.25, 0.3) is 0 Å². The van der Waals surface area contributed by atoms with Gasteiger partial charge in [0.15, 0.2) is 5.60 Å². The van der Waals surface area contributed by atoms with E-state index >= 15 is 0 Å². The van der Waals surface area contributed by atoms with E-state index in [2.05, 4.69) is 0 Å². The number of fused-ring (bicyclic) bond motifs is 1. The van der Waals surface area contributed by atoms with Crippen molar-refractivity contribution in [2.24, 2.45) is 0 Å². The van der Waals surface area contributed by atoms with Gasteiger partial charge in [-0.25, -0.2) is 0 Å². The number of amides is 1. The van der Waals surface area contributed by atoms with Gasteiger partial charge in [0.2, 0.25) is 0 Å². The molecule has 2 N–H and O–H groups in total. The average molecular weight is 279 g/mol. The summed E-state index contributed by atoms with van der Waals surface area (Å²) in [4.78, 5) is 24.5. The summed E-state index contributed by atoms with van der Waals surface area (Å²) in [6.45, 7) is 3.21. The maximum atomic E-state index is 12.4. The minimum atomic E-state index is -1.04. The predicted octanol–water partition coefficient (Wildman–Crippen LogP) is 1.16. The number of ether oxygens (including phenoxy) is 1. The average Bonchev–Trinajstić information content (AvgIpc) is 2.38. The molecular weight excluding hydrogens is 262 g/mol. The Balaban J connectivity index is 2.42. The Morgan fingerprint density at radius 3 is 2.70 bits per heavy atom. The number of carboxylic acid groups (broad SMARTS) is 1. The van der Waals surface area contributed by atoms with Crippen LogP contribution in [0.15, 0.2) is 18.2 Å². The quantitative estimate of drug-likeness (QED) is 0.863. The van der Waals surface area contributed by atoms with Crippen LogP contribution in [0.1, 0.15) is 25.8 Å². The Morgan fingerprint density at radius 2 is 2.10 bits per heavy atom. The van der Waals surface area contributed by atoms with Crippen molar-refractivity contribution < 1.29 is 24.5 Å². The van der Waals surface area contributed by atoms with Crippen molar-refractivity contribution in [1.29, 1.82) is 0 Å². The van der Waals surface area contributed by atoms with Crippen LogP contribution in [0.2, 0.25) is 0 Å². The molecule has 6 nitrogen and oxygen atoms in total. The number of carboxylic acids is 1. The smallest absolute Gasteiger partial charge is 0.305 e. The lowest BCUT2D eigenvalue weighted by molar-refractivity contribution is -0.137. The van der Waals surface area contributed by atoms with Crippen LogP contribution in [-0.4, -0.2) is 34.2 Å². The highest BCUT2D eigenvalue weighted by molar-refractivity contribution is 6.02. The minimum Gasteiger partial charge on any atom is -0.481 e. The summed E-state index contributed by atoms with van der Waals surface area (Å²) >= 11 is 0. The zero-order chi connectivity index (χ0) is 14.9. The van der Waals surface area contributed by atoms with E-state index in [0.717, 1.165) is 0 Å². The molecule has 1 aliphatic heterocycles. The van der Waals surface area contributed by atoms with Crippen LogP contribution in [0.3, 0.4) is 0 Å². The molecule has 1 heterocycles. The number of carbonyl (C=O) groups excluding carboxylic acids is 1. The van der Waals surface area contributed by atoms with Gasteiger partial charge in [-0.1, -0.05) is 6.07 Å². The number of carbonyl (C=O) groups is 2. The second-order valence-corrected chi connectivity index (χ2v) is 5.17. The van der Waals surface area contributed by atoms with Crippen LogP contribution in [0.5, 0.6) is 5.75 Å². The second-order valence-electron chi connectivity index (χ2n) is 5.17. The van der Waals surface area contributed by atoms with E-state index in [9.17, 15) is 14.7 Å². The fraction of sp³-hybridized carbons (Fsp3) is 0.429. The third kappa shape index (κ3) is 2.60. The summed E-state index contributed by atoms with van der Waals surface area (Å²) in [5, 5.41) is 18.0. The standard InChI is InChI=1S/C14H17NO5/c1-14(2)13(19)15(6-5-12(17)18)10-7-9(8-16)3-4-11(10)20-14/h3-4,7,16H,5-6,8H2,1-2H3,(H,17,18). The lowest BCUT2D eigenvalue weighted by Gasteiger charge is -2.38. The zero-order valence-electron chi connectivity index (χ0n) is 11.4. The van der Waals surface area contributed by atoms with Gasteiger partial charge in [0.05, 0.1) is 18.7 Å². The fourth-order valence-corrected chi connectivity index (χ4v) is 2.14. The van der Waals surface area contributed by atoms with Crippen LogP contribution in [0, 0.1) is 0 Å². The molecule has 0 saturated carbocycles. The van der Waals surface area contributed by atoms with Crippen LogP contribution in [0.4, 0.5) is 5.69 Å². The number of rotatable bonds is 4. The van der Waals surface area contributed by atoms with Crippen molar-refractivity contribution in [3.8, 4) is 5.75 Å². The molecular formula is C14H17NO5. The third-order valence-corrected chi connectivity index (χ3v) is 3.17. The van der Waals surface area contributed by atoms with Gasteiger partial charge in [-0.3, -0.25) is 9.59 Å². The molecule has 1 aromatic carbocycles. The first-order valence-corrected chi connectivity index (χ1v) is 6.31. The summed E-state index contributed by atoms with van der Waals surface area (Å²) in [7, 11) is 0. The topological polar surface area (TPSA) is 87.1 Å². The molecule has 0 spiro atoms. The van der Waals surface area contributed by atoms with Crippen molar-refractivity contribution in [3.05, 3.63) is 23.8 Å². The van der Waals surface area contributed by atoms with Gasteiger partial charge in [0.25, 0.3) is 5.91 Å². The van der Waals surface area contributed by atoms with Crippen molar-refractivity contribution in [1.82, 2.24) is 0 Å². The Labute approximate surface area is 116 Å². The van der Waals surface area contributed by atoms with Crippen molar-refractivity contribution in [2.75, 3.05) is 11.4 Å². The number of aliphatic hydroxyl groups is 1. The molecule has 0 radical (unpaired) electrons. The zero-order valence-corrected chi connectivity index (χ0v) is 11.4. The molecule has 0 aromatic heterocycles. The van der Waals surface area contributed by atoms with E-state index in [1.807, 2.05) is 0 Å². The van der Waals surface area contributed by atoms with Gasteiger partial charge in [-0.15, -0.1) is 0 Å². The maximum absolute atomic E-state index is 12.4. The SMILES string of the molecule is CC1(C)Oc2ccc(CO)cc2N(CCC(=O)O)C1=O. The van der Waals surface area contributed by atoms with Crippen molar-refractivity contribution in [3.63, 3.8) is 0 Å². The maximum Gasteiger partial charge on any atom is 0.305 e. The Morgan fingerprint density at radius 1 is 1.40 bits per heavy atom. The molecule has 20 heavy (non-hydrogen) atoms. The molecule has 1 aliphatic rings. The molecule has 0 saturated heterocycles. The molecule has 0 bridgehead atoms. The minimum absolute atomic E-state index is 0.0723. The van der Waals surface area contributed by atoms with Gasteiger partial charge in [-0.05, 0) is 31.5 Å². The first-order chi connectivity index (χ1) is 9.35. The fourth-order valence-electron chi connectivity index (χ4n) is 2.14. The molecule has 2 rings (SSSR count). The number of benzene rings is 1. The lowest BCUT2D eigenvalue weighted by Crippen LogP contribution is -2.53. The van der Waals surface area contributed by atoms with Crippen LogP contribution >= 0.6 is 0 Å². The van der Waals surface area contributed by atoms with E-state index < -0.39 is 11.6 Å². The van der Waals surface area contributed by atoms with Gasteiger partial charge in [0.1, 0.15) is 5.75 Å². The van der Waals surface area contributed by atoms with Gasteiger partial charge in [-0.2, -0.15) is 0 Å². The molecule has 1 amide bonds. The number of aliphatic hydroxyl groups excluding tert-OH is 1. The number of hydrogen-bond donors (Lipinski definition) is 2. The van der Waals surface area contributed by atoms with Crippen LogP contribution in [-0.2, 0) is 16.2 Å². The highest BCUT2D eigenvalue weighted by Crippen LogP contribution is 2.38. The van der Waals surface area contributed by atoms with Gasteiger partial charge < -0.3 is 19.8 Å². The Kier molecular flexibility index (Phi) is 3.67. The second kappa shape index (κ2) is 5.13. The van der Waals surface area contributed by atoms with E-state index in [-0.39, 0.29) is 25.5 Å². The van der Waals surface area contributed by atoms with Gasteiger partial charge >= 0.3 is 5.97 Å². The number of nitrogens with zero attached hydrogens (tertiary/aromatic N) is 1. The van der Waals surface area contributed by atoms with Crippen LogP contribution < -0.4 is 9.64 Å². The normalized spacial score (nSPS) is 16.6. The van der Waals surface area contributed by atoms with Crippen molar-refractivity contribution in [2.45, 2.75) is 32.5 Å². The number of anilines is 1. The number of hydrogen-bond acceptors (Lipinski definition) is 4. The van der Waals surface area contributed by atoms with Gasteiger partial charge in [0, 0.05) is 6.54 Å². The summed E-state index contributed by atoms with van der Waals surface area (Å²) in [5.41, 5.74) is 0.106. The molecule has 0 fully saturated rings. The van der Waals surface area contributed by atoms with E-state index in [0.29, 0.717) is 17.0 Å². The first kappa shape index (κ1) is 14.3. The summed E-state index contributed by atoms with van der Waals surface area (Å²) in [5.74, 6) is -0.750.